The summed E-state index contributed by atoms with van der Waals surface area (Å²) in [6.45, 7) is 3.12. The van der Waals surface area contributed by atoms with E-state index in [1.807, 2.05) is 11.8 Å². The Kier molecular flexibility index (Phi) is 5.53. The van der Waals surface area contributed by atoms with Crippen LogP contribution in [0, 0.1) is 12.8 Å². The Labute approximate surface area is 144 Å². The first-order valence-corrected chi connectivity index (χ1v) is 9.94. The smallest absolute Gasteiger partial charge is 0.225 e. The van der Waals surface area contributed by atoms with Gasteiger partial charge < -0.3 is 10.2 Å². The summed E-state index contributed by atoms with van der Waals surface area (Å²) in [5, 5.41) is 11.9. The Balaban J connectivity index is 1.39. The van der Waals surface area contributed by atoms with Crippen molar-refractivity contribution in [3.05, 3.63) is 5.01 Å². The van der Waals surface area contributed by atoms with Crippen molar-refractivity contribution >= 4 is 34.9 Å². The van der Waals surface area contributed by atoms with Crippen LogP contribution in [0.3, 0.4) is 0 Å². The molecule has 6 nitrogen and oxygen atoms in total. The van der Waals surface area contributed by atoms with Gasteiger partial charge in [-0.1, -0.05) is 35.9 Å². The van der Waals surface area contributed by atoms with Gasteiger partial charge in [-0.15, -0.1) is 10.2 Å². The van der Waals surface area contributed by atoms with Crippen molar-refractivity contribution in [1.29, 1.82) is 0 Å². The molecule has 2 amide bonds. The third-order valence-corrected chi connectivity index (χ3v) is 6.40. The van der Waals surface area contributed by atoms with Crippen LogP contribution in [0.15, 0.2) is 4.34 Å². The van der Waals surface area contributed by atoms with Crippen LogP contribution in [0.2, 0.25) is 0 Å². The normalized spacial score (nSPS) is 22.0. The van der Waals surface area contributed by atoms with Gasteiger partial charge in [-0.2, -0.15) is 0 Å². The molecule has 2 aliphatic rings. The summed E-state index contributed by atoms with van der Waals surface area (Å²) in [6.07, 6.45) is 4.96. The van der Waals surface area contributed by atoms with Crippen molar-refractivity contribution in [2.45, 2.75) is 49.4 Å². The van der Waals surface area contributed by atoms with E-state index in [4.69, 9.17) is 0 Å². The molecule has 126 valence electrons. The molecule has 0 bridgehead atoms. The highest BCUT2D eigenvalue weighted by molar-refractivity contribution is 8.01. The number of hydrogen-bond donors (Lipinski definition) is 1. The zero-order chi connectivity index (χ0) is 16.2. The van der Waals surface area contributed by atoms with E-state index in [0.29, 0.717) is 25.6 Å². The van der Waals surface area contributed by atoms with Crippen molar-refractivity contribution in [3.63, 3.8) is 0 Å². The minimum absolute atomic E-state index is 0.00731. The first-order chi connectivity index (χ1) is 11.1. The maximum Gasteiger partial charge on any atom is 0.225 e. The molecule has 1 N–H and O–H groups in total. The Morgan fingerprint density at radius 2 is 2.17 bits per heavy atom. The van der Waals surface area contributed by atoms with Crippen molar-refractivity contribution in [2.75, 3.05) is 18.8 Å². The fraction of sp³-hybridized carbons (Fsp3) is 0.733. The van der Waals surface area contributed by atoms with Gasteiger partial charge in [0.2, 0.25) is 11.8 Å². The molecule has 1 aliphatic heterocycles. The molecule has 1 saturated heterocycles. The molecule has 1 atom stereocenters. The van der Waals surface area contributed by atoms with Gasteiger partial charge in [-0.05, 0) is 19.8 Å². The molecule has 0 radical (unpaired) electrons. The largest absolute Gasteiger partial charge is 0.355 e. The third-order valence-electron chi connectivity index (χ3n) is 4.43. The predicted octanol–water partition coefficient (Wildman–Crippen LogP) is 1.85. The van der Waals surface area contributed by atoms with Crippen molar-refractivity contribution in [3.8, 4) is 0 Å². The fourth-order valence-electron chi connectivity index (χ4n) is 3.27. The van der Waals surface area contributed by atoms with E-state index < -0.39 is 0 Å². The highest BCUT2D eigenvalue weighted by atomic mass is 32.2. The Bertz CT molecular complexity index is 572. The lowest BCUT2D eigenvalue weighted by atomic mass is 10.1. The van der Waals surface area contributed by atoms with Crippen LogP contribution < -0.4 is 5.32 Å². The van der Waals surface area contributed by atoms with E-state index in [2.05, 4.69) is 15.5 Å². The lowest BCUT2D eigenvalue weighted by Crippen LogP contribution is -2.37. The summed E-state index contributed by atoms with van der Waals surface area (Å²) in [4.78, 5) is 26.3. The topological polar surface area (TPSA) is 75.2 Å². The molecular formula is C15H22N4O2S2. The number of carbonyl (C=O) groups is 2. The number of thioether (sulfide) groups is 1. The van der Waals surface area contributed by atoms with E-state index in [9.17, 15) is 9.59 Å². The summed E-state index contributed by atoms with van der Waals surface area (Å²) >= 11 is 3.16. The molecule has 1 saturated carbocycles. The zero-order valence-corrected chi connectivity index (χ0v) is 14.9. The molecule has 2 heterocycles. The Morgan fingerprint density at radius 3 is 2.87 bits per heavy atom. The number of aryl methyl sites for hydroxylation is 1. The maximum atomic E-state index is 12.2. The van der Waals surface area contributed by atoms with Crippen molar-refractivity contribution in [1.82, 2.24) is 20.4 Å². The monoisotopic (exact) mass is 354 g/mol. The summed E-state index contributed by atoms with van der Waals surface area (Å²) in [5.74, 6) is 0.744. The zero-order valence-electron chi connectivity index (χ0n) is 13.3. The van der Waals surface area contributed by atoms with E-state index in [1.54, 1.807) is 23.1 Å². The Morgan fingerprint density at radius 1 is 1.39 bits per heavy atom. The van der Waals surface area contributed by atoms with Crippen LogP contribution in [0.4, 0.5) is 0 Å². The van der Waals surface area contributed by atoms with Gasteiger partial charge in [-0.25, -0.2) is 0 Å². The quantitative estimate of drug-likeness (QED) is 0.623. The summed E-state index contributed by atoms with van der Waals surface area (Å²) in [5.41, 5.74) is 0. The fourth-order valence-corrected chi connectivity index (χ4v) is 5.01. The minimum Gasteiger partial charge on any atom is -0.355 e. The second-order valence-electron chi connectivity index (χ2n) is 6.11. The van der Waals surface area contributed by atoms with Crippen LogP contribution in [0.5, 0.6) is 0 Å². The van der Waals surface area contributed by atoms with E-state index in [1.165, 1.54) is 12.8 Å². The number of carbonyl (C=O) groups excluding carboxylic acids is 2. The first-order valence-electron chi connectivity index (χ1n) is 8.13. The number of amides is 2. The first kappa shape index (κ1) is 16.7. The molecule has 1 aromatic heterocycles. The van der Waals surface area contributed by atoms with E-state index in [0.717, 1.165) is 27.9 Å². The number of nitrogens with one attached hydrogen (secondary N) is 1. The molecule has 1 aromatic rings. The number of aromatic nitrogens is 2. The van der Waals surface area contributed by atoms with Gasteiger partial charge in [-0.3, -0.25) is 9.59 Å². The number of hydrogen-bond acceptors (Lipinski definition) is 6. The van der Waals surface area contributed by atoms with Crippen LogP contribution in [0.25, 0.3) is 0 Å². The van der Waals surface area contributed by atoms with Gasteiger partial charge in [0, 0.05) is 31.3 Å². The highest BCUT2D eigenvalue weighted by Gasteiger charge is 2.38. The molecule has 23 heavy (non-hydrogen) atoms. The second-order valence-corrected chi connectivity index (χ2v) is 8.64. The van der Waals surface area contributed by atoms with Gasteiger partial charge in [0.1, 0.15) is 5.01 Å². The van der Waals surface area contributed by atoms with Gasteiger partial charge in [0.25, 0.3) is 0 Å². The maximum absolute atomic E-state index is 12.2. The van der Waals surface area contributed by atoms with Crippen LogP contribution in [-0.2, 0) is 9.59 Å². The number of nitrogens with zero attached hydrogens (tertiary/aromatic N) is 3. The molecule has 0 aromatic carbocycles. The molecule has 2 fully saturated rings. The molecule has 0 spiro atoms. The van der Waals surface area contributed by atoms with E-state index >= 15 is 0 Å². The van der Waals surface area contributed by atoms with Gasteiger partial charge >= 0.3 is 0 Å². The summed E-state index contributed by atoms with van der Waals surface area (Å²) in [6, 6.07) is 0.372. The molecule has 3 rings (SSSR count). The molecule has 8 heteroatoms. The number of rotatable bonds is 6. The van der Waals surface area contributed by atoms with Crippen LogP contribution >= 0.6 is 23.1 Å². The average Bonchev–Trinajstić information content (AvgIpc) is 3.24. The Hall–Kier alpha value is -1.15. The molecule has 0 unspecified atom stereocenters. The van der Waals surface area contributed by atoms with Gasteiger partial charge in [0.15, 0.2) is 4.34 Å². The SMILES string of the molecule is Cc1nnc(SCCNC(=O)[C@H]2CC(=O)N(C3CCCC3)C2)s1. The average molecular weight is 355 g/mol. The van der Waals surface area contributed by atoms with Gasteiger partial charge in [0.05, 0.1) is 5.92 Å². The minimum atomic E-state index is -0.183. The third kappa shape index (κ3) is 4.23. The molecular weight excluding hydrogens is 332 g/mol. The summed E-state index contributed by atoms with van der Waals surface area (Å²) < 4.78 is 0.931. The standard InChI is InChI=1S/C15H22N4O2S2/c1-10-17-18-15(23-10)22-7-6-16-14(21)11-8-13(20)19(9-11)12-4-2-3-5-12/h11-12H,2-9H2,1H3,(H,16,21)/t11-/m0/s1. The van der Waals surface area contributed by atoms with Crippen LogP contribution in [-0.4, -0.2) is 51.8 Å². The van der Waals surface area contributed by atoms with Crippen LogP contribution in [0.1, 0.15) is 37.1 Å². The van der Waals surface area contributed by atoms with Crippen molar-refractivity contribution < 1.29 is 9.59 Å². The van der Waals surface area contributed by atoms with Crippen molar-refractivity contribution in [2.24, 2.45) is 5.92 Å². The highest BCUT2D eigenvalue weighted by Crippen LogP contribution is 2.29. The molecule has 1 aliphatic carbocycles. The second kappa shape index (κ2) is 7.61. The van der Waals surface area contributed by atoms with E-state index in [-0.39, 0.29) is 17.7 Å². The lowest BCUT2D eigenvalue weighted by molar-refractivity contribution is -0.130. The summed E-state index contributed by atoms with van der Waals surface area (Å²) in [7, 11) is 0. The number of likely N-dealkylation sites (tertiary alicyclic amines) is 1. The predicted molar refractivity (Wildman–Crippen MR) is 90.5 cm³/mol. The lowest BCUT2D eigenvalue weighted by Gasteiger charge is -2.23.